The fourth-order valence-electron chi connectivity index (χ4n) is 1.96. The van der Waals surface area contributed by atoms with Crippen LogP contribution in [0.4, 0.5) is 0 Å². The van der Waals surface area contributed by atoms with E-state index in [0.29, 0.717) is 11.8 Å². The molecule has 2 rings (SSSR count). The van der Waals surface area contributed by atoms with Crippen LogP contribution in [0.15, 0.2) is 44.7 Å². The predicted octanol–water partition coefficient (Wildman–Crippen LogP) is 6.23. The molecule has 1 aromatic heterocycles. The van der Waals surface area contributed by atoms with Gasteiger partial charge in [-0.3, -0.25) is 0 Å². The van der Waals surface area contributed by atoms with Crippen LogP contribution < -0.4 is 0 Å². The van der Waals surface area contributed by atoms with E-state index >= 15 is 0 Å². The molecule has 0 radical (unpaired) electrons. The molecule has 0 fully saturated rings. The Morgan fingerprint density at radius 1 is 1.11 bits per heavy atom. The molecule has 1 heterocycles. The van der Waals surface area contributed by atoms with Crippen LogP contribution in [-0.4, -0.2) is 11.8 Å². The van der Waals surface area contributed by atoms with Crippen molar-refractivity contribution in [3.05, 3.63) is 55.1 Å². The van der Waals surface area contributed by atoms with Crippen molar-refractivity contribution < 1.29 is 0 Å². The average molecular weight is 443 g/mol. The van der Waals surface area contributed by atoms with Crippen LogP contribution in [0.5, 0.6) is 0 Å². The standard InChI is InChI=1S/C14H12Br2Cl2S/c15-11-3-1-2-10(6-11)14(8-17,9-18)7-13-12(16)4-5-19-13/h1-6H,7-9H2. The van der Waals surface area contributed by atoms with E-state index in [4.69, 9.17) is 23.2 Å². The van der Waals surface area contributed by atoms with Gasteiger partial charge in [-0.2, -0.15) is 0 Å². The van der Waals surface area contributed by atoms with Gasteiger partial charge in [0.15, 0.2) is 0 Å². The molecule has 2 aromatic rings. The smallest absolute Gasteiger partial charge is 0.0335 e. The van der Waals surface area contributed by atoms with Crippen LogP contribution in [0.3, 0.4) is 0 Å². The molecule has 0 saturated carbocycles. The molecule has 0 N–H and O–H groups in total. The molecule has 0 spiro atoms. The zero-order valence-corrected chi connectivity index (χ0v) is 15.5. The maximum Gasteiger partial charge on any atom is 0.0335 e. The second-order valence-corrected chi connectivity index (χ2v) is 7.73. The van der Waals surface area contributed by atoms with Crippen molar-refractivity contribution in [2.75, 3.05) is 11.8 Å². The van der Waals surface area contributed by atoms with E-state index in [1.54, 1.807) is 11.3 Å². The Hall–Kier alpha value is 0.460. The summed E-state index contributed by atoms with van der Waals surface area (Å²) in [7, 11) is 0. The second kappa shape index (κ2) is 6.95. The highest BCUT2D eigenvalue weighted by Gasteiger charge is 2.32. The maximum absolute atomic E-state index is 6.27. The van der Waals surface area contributed by atoms with Crippen molar-refractivity contribution in [1.29, 1.82) is 0 Å². The monoisotopic (exact) mass is 440 g/mol. The molecule has 19 heavy (non-hydrogen) atoms. The molecule has 0 aliphatic heterocycles. The second-order valence-electron chi connectivity index (χ2n) is 4.43. The summed E-state index contributed by atoms with van der Waals surface area (Å²) in [6.07, 6.45) is 0.842. The van der Waals surface area contributed by atoms with Gasteiger partial charge < -0.3 is 0 Å². The summed E-state index contributed by atoms with van der Waals surface area (Å²) in [5, 5.41) is 2.08. The van der Waals surface area contributed by atoms with Crippen LogP contribution in [0.1, 0.15) is 10.4 Å². The third kappa shape index (κ3) is 3.56. The van der Waals surface area contributed by atoms with Gasteiger partial charge in [-0.1, -0.05) is 28.1 Å². The summed E-state index contributed by atoms with van der Waals surface area (Å²) in [6.45, 7) is 0. The van der Waals surface area contributed by atoms with E-state index in [0.717, 1.165) is 15.4 Å². The average Bonchev–Trinajstić information content (AvgIpc) is 2.81. The molecule has 0 nitrogen and oxygen atoms in total. The zero-order chi connectivity index (χ0) is 13.9. The first-order valence-electron chi connectivity index (χ1n) is 5.71. The first-order chi connectivity index (χ1) is 9.11. The maximum atomic E-state index is 6.27. The molecular formula is C14H12Br2Cl2S. The van der Waals surface area contributed by atoms with Crippen molar-refractivity contribution >= 4 is 66.4 Å². The van der Waals surface area contributed by atoms with Gasteiger partial charge in [-0.15, -0.1) is 34.5 Å². The minimum atomic E-state index is -0.236. The van der Waals surface area contributed by atoms with Crippen LogP contribution >= 0.6 is 66.4 Å². The molecule has 0 unspecified atom stereocenters. The Kier molecular flexibility index (Phi) is 5.79. The minimum Gasteiger partial charge on any atom is -0.148 e. The summed E-state index contributed by atoms with van der Waals surface area (Å²) in [5.74, 6) is 0.995. The van der Waals surface area contributed by atoms with Crippen molar-refractivity contribution in [2.24, 2.45) is 0 Å². The van der Waals surface area contributed by atoms with Crippen LogP contribution in [0, 0.1) is 0 Å². The molecule has 5 heteroatoms. The van der Waals surface area contributed by atoms with Gasteiger partial charge in [0.05, 0.1) is 0 Å². The molecule has 0 amide bonds. The lowest BCUT2D eigenvalue weighted by molar-refractivity contribution is 0.540. The van der Waals surface area contributed by atoms with E-state index < -0.39 is 0 Å². The molecule has 0 saturated heterocycles. The number of benzene rings is 1. The molecule has 0 aliphatic carbocycles. The normalized spacial score (nSPS) is 11.8. The summed E-state index contributed by atoms with van der Waals surface area (Å²) < 4.78 is 2.18. The lowest BCUT2D eigenvalue weighted by Crippen LogP contribution is -2.33. The van der Waals surface area contributed by atoms with Gasteiger partial charge in [0.1, 0.15) is 0 Å². The van der Waals surface area contributed by atoms with Crippen LogP contribution in [0.2, 0.25) is 0 Å². The number of halogens is 4. The highest BCUT2D eigenvalue weighted by molar-refractivity contribution is 9.10. The van der Waals surface area contributed by atoms with Crippen molar-refractivity contribution in [2.45, 2.75) is 11.8 Å². The molecular weight excluding hydrogens is 431 g/mol. The first-order valence-corrected chi connectivity index (χ1v) is 9.24. The molecule has 1 aromatic carbocycles. The summed E-state index contributed by atoms with van der Waals surface area (Å²) in [5.41, 5.74) is 0.937. The van der Waals surface area contributed by atoms with Crippen molar-refractivity contribution in [3.63, 3.8) is 0 Å². The van der Waals surface area contributed by atoms with Gasteiger partial charge in [-0.25, -0.2) is 0 Å². The summed E-state index contributed by atoms with van der Waals surface area (Å²) in [4.78, 5) is 1.28. The number of hydrogen-bond acceptors (Lipinski definition) is 1. The number of alkyl halides is 2. The lowest BCUT2D eigenvalue weighted by Gasteiger charge is -2.30. The zero-order valence-electron chi connectivity index (χ0n) is 10.0. The number of rotatable bonds is 5. The molecule has 0 aliphatic rings. The van der Waals surface area contributed by atoms with E-state index in [2.05, 4.69) is 55.4 Å². The Morgan fingerprint density at radius 2 is 1.84 bits per heavy atom. The topological polar surface area (TPSA) is 0 Å². The number of thiophene rings is 1. The van der Waals surface area contributed by atoms with E-state index in [1.807, 2.05) is 12.1 Å². The van der Waals surface area contributed by atoms with Gasteiger partial charge in [0.25, 0.3) is 0 Å². The third-order valence-electron chi connectivity index (χ3n) is 3.14. The van der Waals surface area contributed by atoms with Crippen LogP contribution in [-0.2, 0) is 11.8 Å². The molecule has 102 valence electrons. The quantitative estimate of drug-likeness (QED) is 0.481. The Bertz CT molecular complexity index is 550. The Morgan fingerprint density at radius 3 is 2.37 bits per heavy atom. The predicted molar refractivity (Wildman–Crippen MR) is 93.0 cm³/mol. The minimum absolute atomic E-state index is 0.236. The van der Waals surface area contributed by atoms with Gasteiger partial charge in [-0.05, 0) is 51.5 Å². The van der Waals surface area contributed by atoms with E-state index in [1.165, 1.54) is 10.4 Å². The SMILES string of the molecule is ClCC(CCl)(Cc1sccc1Br)c1cccc(Br)c1. The highest BCUT2D eigenvalue weighted by Crippen LogP contribution is 2.36. The highest BCUT2D eigenvalue weighted by atomic mass is 79.9. The van der Waals surface area contributed by atoms with Gasteiger partial charge >= 0.3 is 0 Å². The third-order valence-corrected chi connectivity index (χ3v) is 6.58. The van der Waals surface area contributed by atoms with Crippen molar-refractivity contribution in [1.82, 2.24) is 0 Å². The Balaban J connectivity index is 2.40. The van der Waals surface area contributed by atoms with Gasteiger partial charge in [0.2, 0.25) is 0 Å². The summed E-state index contributed by atoms with van der Waals surface area (Å²) in [6, 6.07) is 10.3. The largest absolute Gasteiger partial charge is 0.148 e. The lowest BCUT2D eigenvalue weighted by atomic mass is 9.80. The molecule has 0 bridgehead atoms. The summed E-state index contributed by atoms with van der Waals surface area (Å²) >= 11 is 21.4. The van der Waals surface area contributed by atoms with Crippen LogP contribution in [0.25, 0.3) is 0 Å². The molecule has 0 atom stereocenters. The van der Waals surface area contributed by atoms with Crippen molar-refractivity contribution in [3.8, 4) is 0 Å². The van der Waals surface area contributed by atoms with Gasteiger partial charge in [0, 0.05) is 31.0 Å². The first kappa shape index (κ1) is 15.8. The number of hydrogen-bond donors (Lipinski definition) is 0. The van der Waals surface area contributed by atoms with E-state index in [-0.39, 0.29) is 5.41 Å². The van der Waals surface area contributed by atoms with E-state index in [9.17, 15) is 0 Å². The Labute approximate surface area is 144 Å². The fourth-order valence-corrected chi connectivity index (χ4v) is 4.78. The fraction of sp³-hybridized carbons (Fsp3) is 0.286.